The molecule has 1 atom stereocenters. The summed E-state index contributed by atoms with van der Waals surface area (Å²) in [4.78, 5) is 0.436. The summed E-state index contributed by atoms with van der Waals surface area (Å²) in [5, 5.41) is 0. The molecule has 0 saturated heterocycles. The second-order valence-electron chi connectivity index (χ2n) is 2.13. The average Bonchev–Trinajstić information content (AvgIpc) is 1.94. The number of aryl methyl sites for hydroxylation is 1. The van der Waals surface area contributed by atoms with Crippen molar-refractivity contribution < 1.29 is 8.60 Å². The molecule has 0 N–H and O–H groups in total. The maximum absolute atomic E-state index is 12.6. The third-order valence-electron chi connectivity index (χ3n) is 1.31. The van der Waals surface area contributed by atoms with E-state index < -0.39 is 10.0 Å². The Balaban J connectivity index is 3.15. The molecular weight excluding hydrogens is 187 g/mol. The molecule has 0 radical (unpaired) electrons. The van der Waals surface area contributed by atoms with Gasteiger partial charge in [0.25, 0.3) is 0 Å². The summed E-state index contributed by atoms with van der Waals surface area (Å²) < 4.78 is 23.3. The van der Waals surface area contributed by atoms with Gasteiger partial charge in [0.2, 0.25) is 0 Å². The minimum atomic E-state index is -1.54. The van der Waals surface area contributed by atoms with E-state index in [4.69, 9.17) is 10.7 Å². The van der Waals surface area contributed by atoms with Crippen LogP contribution in [-0.2, 0) is 10.0 Å². The molecule has 0 aliphatic carbocycles. The van der Waals surface area contributed by atoms with Crippen LogP contribution in [0.3, 0.4) is 0 Å². The van der Waals surface area contributed by atoms with Crippen LogP contribution in [0.25, 0.3) is 0 Å². The van der Waals surface area contributed by atoms with Crippen LogP contribution in [-0.4, -0.2) is 4.21 Å². The Hall–Kier alpha value is -0.410. The van der Waals surface area contributed by atoms with Gasteiger partial charge in [-0.3, -0.25) is 0 Å². The van der Waals surface area contributed by atoms with Crippen LogP contribution in [0.15, 0.2) is 23.1 Å². The fourth-order valence-electron chi connectivity index (χ4n) is 0.717. The standard InChI is InChI=1S/C7H6ClFOS/c1-5-4-6(11(8)10)2-3-7(5)9/h2-4H,1H3. The first kappa shape index (κ1) is 8.68. The highest BCUT2D eigenvalue weighted by Gasteiger charge is 2.02. The van der Waals surface area contributed by atoms with E-state index in [0.29, 0.717) is 10.5 Å². The van der Waals surface area contributed by atoms with Crippen molar-refractivity contribution in [1.29, 1.82) is 0 Å². The van der Waals surface area contributed by atoms with Crippen LogP contribution in [0, 0.1) is 12.7 Å². The number of hydrogen-bond donors (Lipinski definition) is 0. The minimum Gasteiger partial charge on any atom is -0.237 e. The summed E-state index contributed by atoms with van der Waals surface area (Å²) in [5.41, 5.74) is 0.455. The summed E-state index contributed by atoms with van der Waals surface area (Å²) in [6.07, 6.45) is 0. The van der Waals surface area contributed by atoms with E-state index in [9.17, 15) is 8.60 Å². The van der Waals surface area contributed by atoms with Gasteiger partial charge in [-0.1, -0.05) is 0 Å². The number of rotatable bonds is 1. The summed E-state index contributed by atoms with van der Waals surface area (Å²) in [6, 6.07) is 4.13. The highest BCUT2D eigenvalue weighted by molar-refractivity contribution is 8.08. The second-order valence-corrected chi connectivity index (χ2v) is 3.89. The molecule has 0 heterocycles. The van der Waals surface area contributed by atoms with Crippen molar-refractivity contribution in [1.82, 2.24) is 0 Å². The maximum atomic E-state index is 12.6. The lowest BCUT2D eigenvalue weighted by molar-refractivity contribution is 0.616. The van der Waals surface area contributed by atoms with E-state index in [1.54, 1.807) is 6.92 Å². The molecule has 11 heavy (non-hydrogen) atoms. The molecule has 0 saturated carbocycles. The SMILES string of the molecule is Cc1cc(S(=O)Cl)ccc1F. The lowest BCUT2D eigenvalue weighted by Gasteiger charge is -1.97. The van der Waals surface area contributed by atoms with Gasteiger partial charge < -0.3 is 0 Å². The van der Waals surface area contributed by atoms with Crippen LogP contribution >= 0.6 is 10.7 Å². The van der Waals surface area contributed by atoms with Crippen molar-refractivity contribution in [2.75, 3.05) is 0 Å². The van der Waals surface area contributed by atoms with Crippen molar-refractivity contribution in [3.63, 3.8) is 0 Å². The third-order valence-corrected chi connectivity index (χ3v) is 2.47. The van der Waals surface area contributed by atoms with E-state index in [-0.39, 0.29) is 5.82 Å². The van der Waals surface area contributed by atoms with Crippen molar-refractivity contribution in [2.45, 2.75) is 11.8 Å². The first-order valence-corrected chi connectivity index (χ1v) is 4.93. The lowest BCUT2D eigenvalue weighted by atomic mass is 10.2. The lowest BCUT2D eigenvalue weighted by Crippen LogP contribution is -1.86. The van der Waals surface area contributed by atoms with Gasteiger partial charge in [0.1, 0.15) is 15.8 Å². The van der Waals surface area contributed by atoms with Gasteiger partial charge >= 0.3 is 0 Å². The first-order valence-electron chi connectivity index (χ1n) is 2.95. The van der Waals surface area contributed by atoms with Crippen LogP contribution < -0.4 is 0 Å². The molecule has 4 heteroatoms. The van der Waals surface area contributed by atoms with Crippen LogP contribution in [0.1, 0.15) is 5.56 Å². The molecule has 0 amide bonds. The fourth-order valence-corrected chi connectivity index (χ4v) is 1.45. The molecule has 1 rings (SSSR count). The van der Waals surface area contributed by atoms with Crippen LogP contribution in [0.5, 0.6) is 0 Å². The minimum absolute atomic E-state index is 0.309. The van der Waals surface area contributed by atoms with Crippen molar-refractivity contribution >= 4 is 20.7 Å². The number of hydrogen-bond acceptors (Lipinski definition) is 1. The quantitative estimate of drug-likeness (QED) is 0.625. The molecular formula is C7H6ClFOS. The van der Waals surface area contributed by atoms with E-state index in [2.05, 4.69) is 0 Å². The number of benzene rings is 1. The second kappa shape index (κ2) is 3.32. The fraction of sp³-hybridized carbons (Fsp3) is 0.143. The zero-order valence-electron chi connectivity index (χ0n) is 5.80. The molecule has 1 aromatic carbocycles. The Morgan fingerprint density at radius 2 is 2.18 bits per heavy atom. The molecule has 0 aromatic heterocycles. The summed E-state index contributed by atoms with van der Waals surface area (Å²) in [5.74, 6) is -0.309. The topological polar surface area (TPSA) is 17.1 Å². The average molecular weight is 193 g/mol. The largest absolute Gasteiger partial charge is 0.237 e. The molecule has 1 unspecified atom stereocenters. The Morgan fingerprint density at radius 1 is 1.55 bits per heavy atom. The molecule has 0 aliphatic heterocycles. The third kappa shape index (κ3) is 2.01. The summed E-state index contributed by atoms with van der Waals surface area (Å²) in [6.45, 7) is 1.60. The highest BCUT2D eigenvalue weighted by Crippen LogP contribution is 2.14. The molecule has 1 aromatic rings. The van der Waals surface area contributed by atoms with Gasteiger partial charge in [0.15, 0.2) is 0 Å². The van der Waals surface area contributed by atoms with Gasteiger partial charge in [0.05, 0.1) is 4.90 Å². The van der Waals surface area contributed by atoms with Gasteiger partial charge in [0, 0.05) is 0 Å². The van der Waals surface area contributed by atoms with E-state index >= 15 is 0 Å². The Bertz CT molecular complexity index is 300. The molecule has 0 bridgehead atoms. The smallest absolute Gasteiger partial charge is 0.147 e. The van der Waals surface area contributed by atoms with Crippen molar-refractivity contribution in [3.05, 3.63) is 29.6 Å². The van der Waals surface area contributed by atoms with Crippen LogP contribution in [0.2, 0.25) is 0 Å². The van der Waals surface area contributed by atoms with Gasteiger partial charge in [-0.25, -0.2) is 8.60 Å². The van der Waals surface area contributed by atoms with E-state index in [1.807, 2.05) is 0 Å². The molecule has 0 aliphatic rings. The van der Waals surface area contributed by atoms with Gasteiger partial charge in [-0.05, 0) is 41.4 Å². The number of halogens is 2. The van der Waals surface area contributed by atoms with Crippen molar-refractivity contribution in [3.8, 4) is 0 Å². The molecule has 0 fully saturated rings. The highest BCUT2D eigenvalue weighted by atomic mass is 35.7. The summed E-state index contributed by atoms with van der Waals surface area (Å²) in [7, 11) is 3.74. The Labute approximate surface area is 71.1 Å². The Morgan fingerprint density at radius 3 is 2.64 bits per heavy atom. The normalized spacial score (nSPS) is 13.0. The maximum Gasteiger partial charge on any atom is 0.147 e. The van der Waals surface area contributed by atoms with Crippen molar-refractivity contribution in [2.24, 2.45) is 0 Å². The zero-order valence-corrected chi connectivity index (χ0v) is 7.38. The van der Waals surface area contributed by atoms with E-state index in [0.717, 1.165) is 0 Å². The summed E-state index contributed by atoms with van der Waals surface area (Å²) >= 11 is 0. The van der Waals surface area contributed by atoms with Gasteiger partial charge in [-0.2, -0.15) is 0 Å². The van der Waals surface area contributed by atoms with Crippen LogP contribution in [0.4, 0.5) is 4.39 Å². The first-order chi connectivity index (χ1) is 5.11. The molecule has 0 spiro atoms. The predicted molar refractivity (Wildman–Crippen MR) is 43.4 cm³/mol. The molecule has 1 nitrogen and oxygen atoms in total. The van der Waals surface area contributed by atoms with Gasteiger partial charge in [-0.15, -0.1) is 0 Å². The predicted octanol–water partition coefficient (Wildman–Crippen LogP) is 2.40. The monoisotopic (exact) mass is 192 g/mol. The Kier molecular flexibility index (Phi) is 2.62. The van der Waals surface area contributed by atoms with E-state index in [1.165, 1.54) is 18.2 Å². The zero-order chi connectivity index (χ0) is 8.43. The molecule has 60 valence electrons.